The molecule has 0 spiro atoms. The fourth-order valence-corrected chi connectivity index (χ4v) is 2.01. The van der Waals surface area contributed by atoms with Crippen LogP contribution in [-0.4, -0.2) is 33.2 Å². The van der Waals surface area contributed by atoms with E-state index in [1.54, 1.807) is 0 Å². The van der Waals surface area contributed by atoms with Crippen molar-refractivity contribution in [3.05, 3.63) is 0 Å². The molecular weight excluding hydrogens is 336 g/mol. The van der Waals surface area contributed by atoms with Gasteiger partial charge in [0, 0.05) is 19.3 Å². The van der Waals surface area contributed by atoms with Crippen LogP contribution < -0.4 is 0 Å². The van der Waals surface area contributed by atoms with Crippen LogP contribution in [0.4, 0.5) is 0 Å². The van der Waals surface area contributed by atoms with Crippen molar-refractivity contribution in [3.8, 4) is 0 Å². The van der Waals surface area contributed by atoms with Crippen LogP contribution in [-0.2, 0) is 14.4 Å². The van der Waals surface area contributed by atoms with Crippen molar-refractivity contribution in [2.24, 2.45) is 0 Å². The Morgan fingerprint density at radius 1 is 0.462 bits per heavy atom. The molecule has 26 heavy (non-hydrogen) atoms. The van der Waals surface area contributed by atoms with Gasteiger partial charge in [-0.15, -0.1) is 0 Å². The zero-order valence-corrected chi connectivity index (χ0v) is 17.0. The Kier molecular flexibility index (Phi) is 28.8. The summed E-state index contributed by atoms with van der Waals surface area (Å²) < 4.78 is 0. The Morgan fingerprint density at radius 3 is 1.00 bits per heavy atom. The molecular formula is C20H40O6. The van der Waals surface area contributed by atoms with E-state index in [-0.39, 0.29) is 0 Å². The highest BCUT2D eigenvalue weighted by Crippen LogP contribution is 2.10. The number of carbonyl (C=O) groups is 3. The first-order valence-electron chi connectivity index (χ1n) is 9.97. The summed E-state index contributed by atoms with van der Waals surface area (Å²) in [4.78, 5) is 29.4. The van der Waals surface area contributed by atoms with Gasteiger partial charge in [-0.2, -0.15) is 0 Å². The first kappa shape index (κ1) is 29.2. The number of hydrogen-bond acceptors (Lipinski definition) is 3. The molecule has 0 fully saturated rings. The maximum atomic E-state index is 10.2. The van der Waals surface area contributed by atoms with Crippen molar-refractivity contribution in [1.82, 2.24) is 0 Å². The molecule has 0 saturated heterocycles. The molecule has 6 heteroatoms. The summed E-state index contributed by atoms with van der Waals surface area (Å²) in [6, 6.07) is 0. The van der Waals surface area contributed by atoms with E-state index in [2.05, 4.69) is 6.92 Å². The second-order valence-electron chi connectivity index (χ2n) is 6.26. The first-order valence-corrected chi connectivity index (χ1v) is 9.97. The van der Waals surface area contributed by atoms with Gasteiger partial charge in [-0.25, -0.2) is 0 Å². The number of hydrogen-bond donors (Lipinski definition) is 3. The third-order valence-corrected chi connectivity index (χ3v) is 3.42. The molecule has 6 nitrogen and oxygen atoms in total. The van der Waals surface area contributed by atoms with Crippen LogP contribution in [0.25, 0.3) is 0 Å². The molecule has 3 N–H and O–H groups in total. The van der Waals surface area contributed by atoms with E-state index in [0.29, 0.717) is 19.3 Å². The van der Waals surface area contributed by atoms with Crippen LogP contribution in [0.1, 0.15) is 111 Å². The second kappa shape index (κ2) is 25.6. The predicted molar refractivity (Wildman–Crippen MR) is 105 cm³/mol. The standard InChI is InChI=1S/C12H24O2.2C4H8O2/c1-2-3-4-5-6-7-8-9-10-11-12(13)14;2*1-2-3-4(5)6/h2-11H2,1H3,(H,13,14);2*2-3H2,1H3,(H,5,6). The molecule has 0 aliphatic carbocycles. The molecule has 0 rings (SSSR count). The topological polar surface area (TPSA) is 112 Å². The molecule has 0 amide bonds. The van der Waals surface area contributed by atoms with Crippen molar-refractivity contribution in [1.29, 1.82) is 0 Å². The fourth-order valence-electron chi connectivity index (χ4n) is 2.01. The van der Waals surface area contributed by atoms with Crippen molar-refractivity contribution in [3.63, 3.8) is 0 Å². The van der Waals surface area contributed by atoms with Gasteiger partial charge in [0.25, 0.3) is 0 Å². The lowest BCUT2D eigenvalue weighted by atomic mass is 10.1. The van der Waals surface area contributed by atoms with E-state index in [1.807, 2.05) is 13.8 Å². The summed E-state index contributed by atoms with van der Waals surface area (Å²) in [7, 11) is 0. The van der Waals surface area contributed by atoms with Gasteiger partial charge in [0.1, 0.15) is 0 Å². The summed E-state index contributed by atoms with van der Waals surface area (Å²) in [6.07, 6.45) is 13.5. The Bertz CT molecular complexity index is 312. The Balaban J connectivity index is -0.000000364. The largest absolute Gasteiger partial charge is 0.481 e. The van der Waals surface area contributed by atoms with Gasteiger partial charge in [-0.05, 0) is 19.3 Å². The maximum Gasteiger partial charge on any atom is 0.303 e. The molecule has 0 aliphatic heterocycles. The number of carboxylic acid groups (broad SMARTS) is 3. The van der Waals surface area contributed by atoms with E-state index in [9.17, 15) is 14.4 Å². The van der Waals surface area contributed by atoms with Crippen molar-refractivity contribution >= 4 is 17.9 Å². The van der Waals surface area contributed by atoms with Gasteiger partial charge in [0.15, 0.2) is 0 Å². The molecule has 0 aromatic rings. The fraction of sp³-hybridized carbons (Fsp3) is 0.850. The normalized spacial score (nSPS) is 9.35. The van der Waals surface area contributed by atoms with Gasteiger partial charge >= 0.3 is 17.9 Å². The average molecular weight is 377 g/mol. The van der Waals surface area contributed by atoms with Gasteiger partial charge in [-0.3, -0.25) is 14.4 Å². The molecule has 0 atom stereocenters. The molecule has 0 aliphatic rings. The highest BCUT2D eigenvalue weighted by Gasteiger charge is 1.96. The average Bonchev–Trinajstić information content (AvgIpc) is 2.54. The Hall–Kier alpha value is -1.59. The second-order valence-corrected chi connectivity index (χ2v) is 6.26. The van der Waals surface area contributed by atoms with Crippen molar-refractivity contribution < 1.29 is 29.7 Å². The summed E-state index contributed by atoms with van der Waals surface area (Å²) >= 11 is 0. The summed E-state index contributed by atoms with van der Waals surface area (Å²) in [5, 5.41) is 24.2. The zero-order chi connectivity index (χ0) is 20.6. The lowest BCUT2D eigenvalue weighted by Gasteiger charge is -2.00. The quantitative estimate of drug-likeness (QED) is 0.334. The van der Waals surface area contributed by atoms with Gasteiger partial charge < -0.3 is 15.3 Å². The van der Waals surface area contributed by atoms with E-state index in [0.717, 1.165) is 25.7 Å². The predicted octanol–water partition coefficient (Wildman–Crippen LogP) is 5.73. The van der Waals surface area contributed by atoms with Crippen molar-refractivity contribution in [2.75, 3.05) is 0 Å². The van der Waals surface area contributed by atoms with E-state index in [4.69, 9.17) is 15.3 Å². The number of rotatable bonds is 14. The van der Waals surface area contributed by atoms with Gasteiger partial charge in [0.2, 0.25) is 0 Å². The van der Waals surface area contributed by atoms with Crippen LogP contribution >= 0.6 is 0 Å². The van der Waals surface area contributed by atoms with Crippen LogP contribution in [0.5, 0.6) is 0 Å². The number of carboxylic acids is 3. The minimum Gasteiger partial charge on any atom is -0.481 e. The Morgan fingerprint density at radius 2 is 0.769 bits per heavy atom. The third kappa shape index (κ3) is 43.3. The van der Waals surface area contributed by atoms with Gasteiger partial charge in [-0.1, -0.05) is 72.1 Å². The highest BCUT2D eigenvalue weighted by molar-refractivity contribution is 5.67. The summed E-state index contributed by atoms with van der Waals surface area (Å²) in [6.45, 7) is 5.91. The van der Waals surface area contributed by atoms with E-state index < -0.39 is 17.9 Å². The molecule has 0 heterocycles. The van der Waals surface area contributed by atoms with Crippen LogP contribution in [0.3, 0.4) is 0 Å². The van der Waals surface area contributed by atoms with Crippen molar-refractivity contribution in [2.45, 2.75) is 111 Å². The van der Waals surface area contributed by atoms with E-state index >= 15 is 0 Å². The van der Waals surface area contributed by atoms with Crippen LogP contribution in [0.15, 0.2) is 0 Å². The minimum absolute atomic E-state index is 0.292. The lowest BCUT2D eigenvalue weighted by Crippen LogP contribution is -1.93. The van der Waals surface area contributed by atoms with E-state index in [1.165, 1.54) is 44.9 Å². The van der Waals surface area contributed by atoms with Crippen LogP contribution in [0.2, 0.25) is 0 Å². The summed E-state index contributed by atoms with van der Waals surface area (Å²) in [5.41, 5.74) is 0. The first-order chi connectivity index (χ1) is 12.3. The molecule has 0 unspecified atom stereocenters. The monoisotopic (exact) mass is 376 g/mol. The minimum atomic E-state index is -0.711. The molecule has 0 aromatic carbocycles. The number of unbranched alkanes of at least 4 members (excludes halogenated alkanes) is 8. The summed E-state index contributed by atoms with van der Waals surface area (Å²) in [5.74, 6) is -2.08. The highest BCUT2D eigenvalue weighted by atomic mass is 16.4. The molecule has 0 aromatic heterocycles. The molecule has 0 bridgehead atoms. The number of aliphatic carboxylic acids is 3. The zero-order valence-electron chi connectivity index (χ0n) is 17.0. The molecule has 0 saturated carbocycles. The molecule has 156 valence electrons. The van der Waals surface area contributed by atoms with Gasteiger partial charge in [0.05, 0.1) is 0 Å². The van der Waals surface area contributed by atoms with Crippen LogP contribution in [0, 0.1) is 0 Å². The maximum absolute atomic E-state index is 10.2. The molecule has 0 radical (unpaired) electrons. The smallest absolute Gasteiger partial charge is 0.303 e. The SMILES string of the molecule is CCCC(=O)O.CCCC(=O)O.CCCCCCCCCCCC(=O)O. The third-order valence-electron chi connectivity index (χ3n) is 3.42. The Labute approximate surface area is 159 Å². The lowest BCUT2D eigenvalue weighted by molar-refractivity contribution is -0.138.